The third-order valence-electron chi connectivity index (χ3n) is 8.74. The van der Waals surface area contributed by atoms with Crippen molar-refractivity contribution in [3.63, 3.8) is 0 Å². The largest absolute Gasteiger partial charge is 0.394 e. The van der Waals surface area contributed by atoms with Gasteiger partial charge in [0.05, 0.1) is 24.7 Å². The molecule has 3 aliphatic rings. The molecule has 1 aliphatic carbocycles. The first-order valence-corrected chi connectivity index (χ1v) is 12.9. The minimum Gasteiger partial charge on any atom is -0.394 e. The van der Waals surface area contributed by atoms with Gasteiger partial charge in [-0.25, -0.2) is 0 Å². The lowest BCUT2D eigenvalue weighted by molar-refractivity contribution is -0.118. The third-order valence-corrected chi connectivity index (χ3v) is 8.74. The van der Waals surface area contributed by atoms with Crippen molar-refractivity contribution in [2.75, 3.05) is 11.9 Å². The SMILES string of the molecule is CC12CB1c1cc(C3(C(=O)Nc4ccc5c(c4)cc(C(C)(C)C)n5CC(O)CO)CC3)ccc1C2. The molecule has 2 aromatic carbocycles. The van der Waals surface area contributed by atoms with Crippen LogP contribution in [0.3, 0.4) is 0 Å². The van der Waals surface area contributed by atoms with Gasteiger partial charge >= 0.3 is 0 Å². The molecule has 3 heterocycles. The van der Waals surface area contributed by atoms with Gasteiger partial charge in [0.25, 0.3) is 0 Å². The Balaban J connectivity index is 1.28. The molecule has 2 aliphatic heterocycles. The van der Waals surface area contributed by atoms with Crippen LogP contribution >= 0.6 is 0 Å². The van der Waals surface area contributed by atoms with E-state index in [-0.39, 0.29) is 17.9 Å². The van der Waals surface area contributed by atoms with Gasteiger partial charge in [0.2, 0.25) is 5.91 Å². The predicted octanol–water partition coefficient (Wildman–Crippen LogP) is 3.99. The molecule has 6 heteroatoms. The van der Waals surface area contributed by atoms with Crippen molar-refractivity contribution in [1.29, 1.82) is 0 Å². The maximum Gasteiger partial charge on any atom is 0.235 e. The molecule has 3 N–H and O–H groups in total. The first-order chi connectivity index (χ1) is 16.5. The summed E-state index contributed by atoms with van der Waals surface area (Å²) in [6.45, 7) is 9.55. The second-order valence-corrected chi connectivity index (χ2v) is 12.5. The molecule has 0 spiro atoms. The summed E-state index contributed by atoms with van der Waals surface area (Å²) in [5.74, 6) is 0.0829. The van der Waals surface area contributed by atoms with Crippen molar-refractivity contribution < 1.29 is 15.0 Å². The summed E-state index contributed by atoms with van der Waals surface area (Å²) in [4.78, 5) is 13.5. The first-order valence-electron chi connectivity index (χ1n) is 12.9. The highest BCUT2D eigenvalue weighted by molar-refractivity contribution is 6.87. The predicted molar refractivity (Wildman–Crippen MR) is 142 cm³/mol. The van der Waals surface area contributed by atoms with Crippen LogP contribution in [0.4, 0.5) is 5.69 Å². The van der Waals surface area contributed by atoms with Crippen LogP contribution in [0.5, 0.6) is 0 Å². The molecule has 1 saturated heterocycles. The second-order valence-electron chi connectivity index (χ2n) is 12.5. The summed E-state index contributed by atoms with van der Waals surface area (Å²) < 4.78 is 2.08. The topological polar surface area (TPSA) is 74.5 Å². The first kappa shape index (κ1) is 22.9. The number of hydrogen-bond acceptors (Lipinski definition) is 3. The number of rotatable bonds is 6. The van der Waals surface area contributed by atoms with Crippen LogP contribution in [-0.4, -0.2) is 40.1 Å². The van der Waals surface area contributed by atoms with Crippen LogP contribution in [0.25, 0.3) is 10.9 Å². The highest BCUT2D eigenvalue weighted by Crippen LogP contribution is 2.60. The zero-order valence-corrected chi connectivity index (χ0v) is 21.2. The van der Waals surface area contributed by atoms with Gasteiger partial charge in [-0.15, -0.1) is 0 Å². The summed E-state index contributed by atoms with van der Waals surface area (Å²) >= 11 is 0. The highest BCUT2D eigenvalue weighted by atomic mass is 16.3. The quantitative estimate of drug-likeness (QED) is 0.477. The fraction of sp³-hybridized carbons (Fsp3) is 0.483. The van der Waals surface area contributed by atoms with Crippen molar-refractivity contribution in [2.45, 2.75) is 82.1 Å². The number of nitrogens with zero attached hydrogens (tertiary/aromatic N) is 1. The summed E-state index contributed by atoms with van der Waals surface area (Å²) in [6.07, 6.45) is 3.44. The average Bonchev–Trinajstić information content (AvgIpc) is 3.68. The lowest BCUT2D eigenvalue weighted by atomic mass is 9.59. The minimum atomic E-state index is -0.818. The van der Waals surface area contributed by atoms with Crippen LogP contribution in [0.15, 0.2) is 42.5 Å². The van der Waals surface area contributed by atoms with E-state index >= 15 is 0 Å². The summed E-state index contributed by atoms with van der Waals surface area (Å²) in [6, 6.07) is 14.9. The molecule has 0 bridgehead atoms. The number of carbonyl (C=O) groups excluding carboxylic acids is 1. The Morgan fingerprint density at radius 1 is 1.17 bits per heavy atom. The van der Waals surface area contributed by atoms with Gasteiger partial charge in [0.1, 0.15) is 0 Å². The number of fused-ring (bicyclic) bond motifs is 4. The number of hydrogen-bond donors (Lipinski definition) is 3. The number of carbonyl (C=O) groups is 1. The van der Waals surface area contributed by atoms with Crippen LogP contribution < -0.4 is 10.8 Å². The molecule has 6 rings (SSSR count). The number of aliphatic hydroxyl groups is 2. The van der Waals surface area contributed by atoms with Crippen LogP contribution in [0.1, 0.15) is 57.4 Å². The molecule has 182 valence electrons. The molecular weight excluding hydrogens is 435 g/mol. The average molecular weight is 470 g/mol. The maximum atomic E-state index is 13.5. The fourth-order valence-corrected chi connectivity index (χ4v) is 6.36. The molecule has 1 saturated carbocycles. The molecule has 5 nitrogen and oxygen atoms in total. The molecule has 3 aromatic rings. The molecule has 2 atom stereocenters. The molecular formula is C29H35BN2O3. The van der Waals surface area contributed by atoms with Crippen molar-refractivity contribution >= 4 is 34.7 Å². The number of amides is 1. The van der Waals surface area contributed by atoms with E-state index in [0.717, 1.165) is 35.1 Å². The summed E-state index contributed by atoms with van der Waals surface area (Å²) in [5.41, 5.74) is 6.47. The zero-order valence-electron chi connectivity index (χ0n) is 21.2. The molecule has 35 heavy (non-hydrogen) atoms. The van der Waals surface area contributed by atoms with Gasteiger partial charge in [-0.05, 0) is 49.1 Å². The second kappa shape index (κ2) is 7.47. The maximum absolute atomic E-state index is 13.5. The van der Waals surface area contributed by atoms with E-state index < -0.39 is 11.5 Å². The van der Waals surface area contributed by atoms with Crippen molar-refractivity contribution in [3.05, 3.63) is 59.3 Å². The van der Waals surface area contributed by atoms with Gasteiger partial charge in [0, 0.05) is 27.7 Å². The Morgan fingerprint density at radius 3 is 2.63 bits per heavy atom. The third kappa shape index (κ3) is 3.65. The van der Waals surface area contributed by atoms with E-state index in [9.17, 15) is 15.0 Å². The van der Waals surface area contributed by atoms with E-state index in [1.165, 1.54) is 29.3 Å². The Labute approximate surface area is 207 Å². The van der Waals surface area contributed by atoms with Gasteiger partial charge in [-0.2, -0.15) is 0 Å². The Hall–Kier alpha value is -2.57. The smallest absolute Gasteiger partial charge is 0.235 e. The van der Waals surface area contributed by atoms with Crippen molar-refractivity contribution in [2.24, 2.45) is 0 Å². The normalized spacial score (nSPS) is 22.6. The van der Waals surface area contributed by atoms with E-state index in [2.05, 4.69) is 61.8 Å². The summed E-state index contributed by atoms with van der Waals surface area (Å²) in [7, 11) is 0. The van der Waals surface area contributed by atoms with E-state index in [0.29, 0.717) is 18.6 Å². The van der Waals surface area contributed by atoms with Crippen molar-refractivity contribution in [1.82, 2.24) is 4.57 Å². The standard InChI is InChI=1S/C29H35BN2O3/c1-27(2,3)25-12-19-11-21(7-8-24(19)32(25)15-22(34)16-33)31-26(35)29(9-10-29)20-6-5-18-14-28(4)17-30(28)23(18)13-20/h5-8,11-13,22,33-34H,9-10,14-17H2,1-4H3,(H,31,35). The van der Waals surface area contributed by atoms with Gasteiger partial charge in [-0.3, -0.25) is 4.79 Å². The van der Waals surface area contributed by atoms with Crippen molar-refractivity contribution in [3.8, 4) is 0 Å². The number of aromatic nitrogens is 1. The molecule has 2 unspecified atom stereocenters. The van der Waals surface area contributed by atoms with Crippen LogP contribution in [-0.2, 0) is 28.6 Å². The Kier molecular flexibility index (Phi) is 4.88. The molecule has 1 aromatic heterocycles. The Morgan fingerprint density at radius 2 is 1.94 bits per heavy atom. The lowest BCUT2D eigenvalue weighted by Gasteiger charge is -2.23. The van der Waals surface area contributed by atoms with Crippen LogP contribution in [0.2, 0.25) is 11.6 Å². The summed E-state index contributed by atoms with van der Waals surface area (Å²) in [5, 5.41) is 24.2. The molecule has 2 fully saturated rings. The van der Waals surface area contributed by atoms with Gasteiger partial charge < -0.3 is 20.1 Å². The zero-order chi connectivity index (χ0) is 24.8. The van der Waals surface area contributed by atoms with Gasteiger partial charge in [0.15, 0.2) is 6.71 Å². The Bertz CT molecular complexity index is 1350. The molecule has 0 radical (unpaired) electrons. The van der Waals surface area contributed by atoms with E-state index in [4.69, 9.17) is 0 Å². The van der Waals surface area contributed by atoms with E-state index in [1.54, 1.807) is 0 Å². The van der Waals surface area contributed by atoms with Crippen LogP contribution in [0, 0.1) is 0 Å². The number of aliphatic hydroxyl groups excluding tert-OH is 2. The number of benzene rings is 2. The fourth-order valence-electron chi connectivity index (χ4n) is 6.36. The monoisotopic (exact) mass is 470 g/mol. The highest BCUT2D eigenvalue weighted by Gasteiger charge is 2.59. The lowest BCUT2D eigenvalue weighted by Crippen LogP contribution is -2.29. The molecule has 1 amide bonds. The number of anilines is 1. The minimum absolute atomic E-state index is 0.0829. The van der Waals surface area contributed by atoms with E-state index in [1.807, 2.05) is 18.2 Å². The van der Waals surface area contributed by atoms with Gasteiger partial charge in [-0.1, -0.05) is 68.6 Å². The number of nitrogens with one attached hydrogen (secondary N) is 1.